The molecule has 0 unspecified atom stereocenters. The van der Waals surface area contributed by atoms with E-state index in [-0.39, 0.29) is 12.5 Å². The van der Waals surface area contributed by atoms with Gasteiger partial charge in [-0.1, -0.05) is 30.3 Å². The second-order valence-corrected chi connectivity index (χ2v) is 6.43. The Bertz CT molecular complexity index is 1120. The first kappa shape index (κ1) is 17.8. The van der Waals surface area contributed by atoms with Gasteiger partial charge in [-0.3, -0.25) is 9.78 Å². The molecule has 3 heterocycles. The predicted octanol–water partition coefficient (Wildman–Crippen LogP) is 3.51. The summed E-state index contributed by atoms with van der Waals surface area (Å²) in [6.07, 6.45) is 4.10. The Morgan fingerprint density at radius 2 is 1.89 bits per heavy atom. The second kappa shape index (κ2) is 7.56. The molecule has 0 saturated heterocycles. The smallest absolute Gasteiger partial charge is 0.254 e. The van der Waals surface area contributed by atoms with Crippen molar-refractivity contribution < 1.29 is 9.32 Å². The highest BCUT2D eigenvalue weighted by Gasteiger charge is 2.19. The van der Waals surface area contributed by atoms with Crippen LogP contribution in [0.25, 0.3) is 22.2 Å². The molecule has 0 aliphatic carbocycles. The van der Waals surface area contributed by atoms with Crippen LogP contribution in [0.3, 0.4) is 0 Å². The fraction of sp³-hybridized carbons (Fsp3) is 0.190. The lowest BCUT2D eigenvalue weighted by atomic mass is 10.0. The van der Waals surface area contributed by atoms with Crippen LogP contribution in [-0.2, 0) is 13.0 Å². The Kier molecular flexibility index (Phi) is 4.80. The molecule has 0 aliphatic rings. The molecule has 7 heteroatoms. The molecule has 1 amide bonds. The third kappa shape index (κ3) is 3.46. The van der Waals surface area contributed by atoms with Crippen LogP contribution in [0.2, 0.25) is 0 Å². The van der Waals surface area contributed by atoms with Crippen LogP contribution in [0.4, 0.5) is 0 Å². The van der Waals surface area contributed by atoms with Crippen molar-refractivity contribution in [1.82, 2.24) is 25.0 Å². The van der Waals surface area contributed by atoms with Crippen molar-refractivity contribution in [1.29, 1.82) is 0 Å². The summed E-state index contributed by atoms with van der Waals surface area (Å²) in [5, 5.41) is 4.69. The molecule has 0 saturated carbocycles. The molecule has 0 aliphatic heterocycles. The molecular formula is C21H19N5O2. The van der Waals surface area contributed by atoms with Crippen LogP contribution in [0, 0.1) is 0 Å². The van der Waals surface area contributed by atoms with E-state index in [0.29, 0.717) is 23.7 Å². The maximum atomic E-state index is 13.2. The summed E-state index contributed by atoms with van der Waals surface area (Å²) >= 11 is 0. The fourth-order valence-corrected chi connectivity index (χ4v) is 3.00. The Hall–Kier alpha value is -3.61. The molecule has 0 spiro atoms. The second-order valence-electron chi connectivity index (χ2n) is 6.43. The number of rotatable bonds is 5. The Labute approximate surface area is 162 Å². The van der Waals surface area contributed by atoms with Gasteiger partial charge in [0.05, 0.1) is 23.3 Å². The third-order valence-corrected chi connectivity index (χ3v) is 4.47. The number of benzene rings is 1. The number of nitrogens with zero attached hydrogens (tertiary/aromatic N) is 5. The highest BCUT2D eigenvalue weighted by Crippen LogP contribution is 2.25. The zero-order valence-corrected chi connectivity index (χ0v) is 15.7. The van der Waals surface area contributed by atoms with Crippen molar-refractivity contribution in [3.05, 3.63) is 72.1 Å². The van der Waals surface area contributed by atoms with Crippen LogP contribution >= 0.6 is 0 Å². The van der Waals surface area contributed by atoms with Gasteiger partial charge in [0.25, 0.3) is 5.91 Å². The molecule has 140 valence electrons. The van der Waals surface area contributed by atoms with Crippen LogP contribution < -0.4 is 0 Å². The molecule has 3 aromatic heterocycles. The first-order chi connectivity index (χ1) is 13.7. The summed E-state index contributed by atoms with van der Waals surface area (Å²) < 4.78 is 5.22. The Morgan fingerprint density at radius 3 is 2.64 bits per heavy atom. The first-order valence-electron chi connectivity index (χ1n) is 9.03. The lowest BCUT2D eigenvalue weighted by Gasteiger charge is -2.17. The third-order valence-electron chi connectivity index (χ3n) is 4.47. The van der Waals surface area contributed by atoms with E-state index >= 15 is 0 Å². The first-order valence-corrected chi connectivity index (χ1v) is 9.03. The van der Waals surface area contributed by atoms with Crippen molar-refractivity contribution >= 4 is 16.8 Å². The van der Waals surface area contributed by atoms with E-state index in [1.54, 1.807) is 24.3 Å². The topological polar surface area (TPSA) is 85.0 Å². The zero-order chi connectivity index (χ0) is 19.5. The number of fused-ring (bicyclic) bond motifs is 1. The molecule has 0 radical (unpaired) electrons. The molecule has 0 atom stereocenters. The van der Waals surface area contributed by atoms with Crippen LogP contribution in [0.5, 0.6) is 0 Å². The van der Waals surface area contributed by atoms with E-state index in [4.69, 9.17) is 9.51 Å². The average Bonchev–Trinajstić information content (AvgIpc) is 3.20. The number of hydrogen-bond donors (Lipinski definition) is 0. The summed E-state index contributed by atoms with van der Waals surface area (Å²) in [5.41, 5.74) is 2.97. The highest BCUT2D eigenvalue weighted by atomic mass is 16.5. The molecule has 4 rings (SSSR count). The zero-order valence-electron chi connectivity index (χ0n) is 15.7. The van der Waals surface area contributed by atoms with E-state index in [1.165, 1.54) is 0 Å². The van der Waals surface area contributed by atoms with Crippen molar-refractivity contribution in [3.8, 4) is 11.3 Å². The molecule has 0 fully saturated rings. The largest absolute Gasteiger partial charge is 0.337 e. The number of para-hydroxylation sites is 1. The van der Waals surface area contributed by atoms with Gasteiger partial charge in [0.2, 0.25) is 5.89 Å². The molecule has 4 aromatic rings. The van der Waals surface area contributed by atoms with Gasteiger partial charge in [-0.15, -0.1) is 0 Å². The number of carbonyl (C=O) groups is 1. The summed E-state index contributed by atoms with van der Waals surface area (Å²) in [4.78, 5) is 27.8. The molecule has 1 aromatic carbocycles. The van der Waals surface area contributed by atoms with E-state index in [0.717, 1.165) is 22.2 Å². The number of aromatic nitrogens is 4. The van der Waals surface area contributed by atoms with Crippen LogP contribution in [-0.4, -0.2) is 38.0 Å². The Morgan fingerprint density at radius 1 is 1.11 bits per heavy atom. The summed E-state index contributed by atoms with van der Waals surface area (Å²) in [6.45, 7) is 2.19. The summed E-state index contributed by atoms with van der Waals surface area (Å²) in [5.74, 6) is 0.913. The van der Waals surface area contributed by atoms with Gasteiger partial charge < -0.3 is 9.42 Å². The van der Waals surface area contributed by atoms with Gasteiger partial charge in [0.1, 0.15) is 0 Å². The van der Waals surface area contributed by atoms with Crippen LogP contribution in [0.15, 0.2) is 59.4 Å². The van der Waals surface area contributed by atoms with Crippen LogP contribution in [0.1, 0.15) is 29.0 Å². The van der Waals surface area contributed by atoms with E-state index in [1.807, 2.05) is 49.4 Å². The fourth-order valence-electron chi connectivity index (χ4n) is 3.00. The van der Waals surface area contributed by atoms with Gasteiger partial charge in [-0.25, -0.2) is 4.98 Å². The lowest BCUT2D eigenvalue weighted by Crippen LogP contribution is -2.26. The maximum absolute atomic E-state index is 13.2. The number of amides is 1. The van der Waals surface area contributed by atoms with E-state index in [9.17, 15) is 4.79 Å². The number of carbonyl (C=O) groups excluding carboxylic acids is 1. The number of pyridine rings is 2. The van der Waals surface area contributed by atoms with Gasteiger partial charge in [0.15, 0.2) is 5.82 Å². The average molecular weight is 373 g/mol. The molecule has 7 nitrogen and oxygen atoms in total. The predicted molar refractivity (Wildman–Crippen MR) is 104 cm³/mol. The lowest BCUT2D eigenvalue weighted by molar-refractivity contribution is 0.0771. The summed E-state index contributed by atoms with van der Waals surface area (Å²) in [7, 11) is 1.72. The monoisotopic (exact) mass is 373 g/mol. The molecule has 0 bridgehead atoms. The minimum absolute atomic E-state index is 0.134. The molecule has 0 N–H and O–H groups in total. The van der Waals surface area contributed by atoms with Gasteiger partial charge in [-0.2, -0.15) is 4.98 Å². The number of hydrogen-bond acceptors (Lipinski definition) is 6. The van der Waals surface area contributed by atoms with Crippen molar-refractivity contribution in [2.75, 3.05) is 7.05 Å². The summed E-state index contributed by atoms with van der Waals surface area (Å²) in [6, 6.07) is 13.2. The molecular weight excluding hydrogens is 354 g/mol. The quantitative estimate of drug-likeness (QED) is 0.532. The van der Waals surface area contributed by atoms with Gasteiger partial charge >= 0.3 is 0 Å². The number of aryl methyl sites for hydroxylation is 1. The van der Waals surface area contributed by atoms with Crippen molar-refractivity contribution in [2.45, 2.75) is 19.9 Å². The minimum atomic E-state index is -0.134. The van der Waals surface area contributed by atoms with Crippen molar-refractivity contribution in [2.24, 2.45) is 0 Å². The minimum Gasteiger partial charge on any atom is -0.337 e. The van der Waals surface area contributed by atoms with E-state index in [2.05, 4.69) is 15.1 Å². The Balaban J connectivity index is 1.72. The normalized spacial score (nSPS) is 10.9. The molecule has 28 heavy (non-hydrogen) atoms. The van der Waals surface area contributed by atoms with E-state index < -0.39 is 0 Å². The highest BCUT2D eigenvalue weighted by molar-refractivity contribution is 6.07. The van der Waals surface area contributed by atoms with Crippen molar-refractivity contribution in [3.63, 3.8) is 0 Å². The van der Waals surface area contributed by atoms with Gasteiger partial charge in [0, 0.05) is 36.8 Å². The standard InChI is InChI=1S/C21H19N5O2/c1-3-19-24-20(28-25-19)13-26(2)21(27)16-12-18(14-8-10-22-11-9-14)23-17-7-5-4-6-15(16)17/h4-12H,3,13H2,1-2H3. The SMILES string of the molecule is CCc1noc(CN(C)C(=O)c2cc(-c3ccncc3)nc3ccccc23)n1. The van der Waals surface area contributed by atoms with Gasteiger partial charge in [-0.05, 0) is 24.3 Å². The maximum Gasteiger partial charge on any atom is 0.254 e.